The van der Waals surface area contributed by atoms with E-state index in [2.05, 4.69) is 13.0 Å². The maximum atomic E-state index is 11.4. The minimum atomic E-state index is -0.174. The normalized spacial score (nSPS) is 10.6. The number of carbonyl (C=O) groups is 1. The molecular formula is C14H18O2. The fraction of sp³-hybridized carbons (Fsp3) is 0.357. The Kier molecular flexibility index (Phi) is 6.00. The lowest BCUT2D eigenvalue weighted by molar-refractivity contribution is -0.134. The maximum absolute atomic E-state index is 11.4. The van der Waals surface area contributed by atoms with Crippen LogP contribution in [0.15, 0.2) is 42.5 Å². The third kappa shape index (κ3) is 5.35. The predicted molar refractivity (Wildman–Crippen MR) is 65.4 cm³/mol. The fourth-order valence-corrected chi connectivity index (χ4v) is 1.27. The van der Waals surface area contributed by atoms with Gasteiger partial charge in [-0.05, 0) is 25.0 Å². The number of allylic oxidation sites excluding steroid dienone is 2. The summed E-state index contributed by atoms with van der Waals surface area (Å²) in [7, 11) is 0. The van der Waals surface area contributed by atoms with Gasteiger partial charge in [-0.15, -0.1) is 0 Å². The summed E-state index contributed by atoms with van der Waals surface area (Å²) >= 11 is 0. The zero-order valence-electron chi connectivity index (χ0n) is 9.69. The number of rotatable bonds is 6. The molecule has 0 aliphatic carbocycles. The molecule has 0 aliphatic rings. The van der Waals surface area contributed by atoms with E-state index in [0.717, 1.165) is 19.3 Å². The molecule has 0 saturated heterocycles. The zero-order valence-corrected chi connectivity index (χ0v) is 9.69. The Morgan fingerprint density at radius 2 is 1.88 bits per heavy atom. The van der Waals surface area contributed by atoms with Crippen LogP contribution in [0.5, 0.6) is 5.75 Å². The van der Waals surface area contributed by atoms with Gasteiger partial charge in [-0.3, -0.25) is 4.79 Å². The second-order valence-electron chi connectivity index (χ2n) is 3.59. The smallest absolute Gasteiger partial charge is 0.311 e. The van der Waals surface area contributed by atoms with Crippen molar-refractivity contribution in [1.82, 2.24) is 0 Å². The predicted octanol–water partition coefficient (Wildman–Crippen LogP) is 3.73. The number of ether oxygens (including phenoxy) is 1. The molecule has 0 amide bonds. The topological polar surface area (TPSA) is 26.3 Å². The highest BCUT2D eigenvalue weighted by Gasteiger charge is 2.01. The number of esters is 1. The van der Waals surface area contributed by atoms with Gasteiger partial charge in [-0.25, -0.2) is 0 Å². The van der Waals surface area contributed by atoms with Crippen molar-refractivity contribution in [1.29, 1.82) is 0 Å². The van der Waals surface area contributed by atoms with Crippen molar-refractivity contribution in [3.63, 3.8) is 0 Å². The number of unbranched alkanes of at least 4 members (excludes halogenated alkanes) is 1. The second-order valence-corrected chi connectivity index (χ2v) is 3.59. The average Bonchev–Trinajstić information content (AvgIpc) is 2.30. The molecule has 0 heterocycles. The molecule has 0 radical (unpaired) electrons. The molecule has 0 spiro atoms. The summed E-state index contributed by atoms with van der Waals surface area (Å²) in [6, 6.07) is 9.16. The van der Waals surface area contributed by atoms with E-state index < -0.39 is 0 Å². The Bertz CT molecular complexity index is 328. The second kappa shape index (κ2) is 7.69. The van der Waals surface area contributed by atoms with E-state index in [1.165, 1.54) is 0 Å². The van der Waals surface area contributed by atoms with Crippen molar-refractivity contribution in [3.8, 4) is 5.75 Å². The molecule has 0 atom stereocenters. The quantitative estimate of drug-likeness (QED) is 0.413. The largest absolute Gasteiger partial charge is 0.427 e. The molecule has 1 rings (SSSR count). The first-order valence-corrected chi connectivity index (χ1v) is 5.73. The monoisotopic (exact) mass is 218 g/mol. The summed E-state index contributed by atoms with van der Waals surface area (Å²) < 4.78 is 5.15. The number of carbonyl (C=O) groups excluding carboxylic acids is 1. The van der Waals surface area contributed by atoms with Gasteiger partial charge in [0.25, 0.3) is 0 Å². The highest BCUT2D eigenvalue weighted by Crippen LogP contribution is 2.09. The minimum Gasteiger partial charge on any atom is -0.427 e. The van der Waals surface area contributed by atoms with Crippen molar-refractivity contribution in [2.45, 2.75) is 32.6 Å². The Balaban J connectivity index is 2.21. The molecule has 1 aromatic rings. The molecule has 16 heavy (non-hydrogen) atoms. The van der Waals surface area contributed by atoms with Crippen LogP contribution in [0.3, 0.4) is 0 Å². The fourth-order valence-electron chi connectivity index (χ4n) is 1.27. The summed E-state index contributed by atoms with van der Waals surface area (Å²) in [6.07, 6.45) is 7.56. The van der Waals surface area contributed by atoms with Crippen LogP contribution in [-0.4, -0.2) is 5.97 Å². The van der Waals surface area contributed by atoms with Crippen LogP contribution in [0.25, 0.3) is 0 Å². The highest BCUT2D eigenvalue weighted by molar-refractivity contribution is 5.72. The Hall–Kier alpha value is -1.57. The van der Waals surface area contributed by atoms with E-state index in [4.69, 9.17) is 4.74 Å². The molecule has 2 nitrogen and oxygen atoms in total. The Morgan fingerprint density at radius 1 is 1.19 bits per heavy atom. The lowest BCUT2D eigenvalue weighted by Gasteiger charge is -2.01. The van der Waals surface area contributed by atoms with Crippen molar-refractivity contribution >= 4 is 5.97 Å². The van der Waals surface area contributed by atoms with Gasteiger partial charge in [-0.2, -0.15) is 0 Å². The zero-order chi connectivity index (χ0) is 11.6. The highest BCUT2D eigenvalue weighted by atomic mass is 16.5. The van der Waals surface area contributed by atoms with Crippen LogP contribution in [0.4, 0.5) is 0 Å². The first kappa shape index (κ1) is 12.5. The number of benzene rings is 1. The molecular weight excluding hydrogens is 200 g/mol. The summed E-state index contributed by atoms with van der Waals surface area (Å²) in [6.45, 7) is 2.13. The van der Waals surface area contributed by atoms with E-state index in [-0.39, 0.29) is 5.97 Å². The van der Waals surface area contributed by atoms with E-state index >= 15 is 0 Å². The molecule has 0 fully saturated rings. The molecule has 0 bridgehead atoms. The molecule has 0 saturated carbocycles. The van der Waals surface area contributed by atoms with E-state index in [9.17, 15) is 4.79 Å². The van der Waals surface area contributed by atoms with Crippen LogP contribution in [-0.2, 0) is 4.79 Å². The first-order valence-electron chi connectivity index (χ1n) is 5.73. The van der Waals surface area contributed by atoms with Crippen molar-refractivity contribution in [3.05, 3.63) is 42.5 Å². The van der Waals surface area contributed by atoms with Gasteiger partial charge < -0.3 is 4.74 Å². The Labute approximate surface area is 96.9 Å². The SMILES string of the molecule is CCCC=CCCC(=O)Oc1ccccc1. The van der Waals surface area contributed by atoms with E-state index in [0.29, 0.717) is 12.2 Å². The molecule has 86 valence electrons. The molecule has 0 aromatic heterocycles. The van der Waals surface area contributed by atoms with Gasteiger partial charge in [-0.1, -0.05) is 43.7 Å². The van der Waals surface area contributed by atoms with Gasteiger partial charge in [0.05, 0.1) is 0 Å². The maximum Gasteiger partial charge on any atom is 0.311 e. The number of para-hydroxylation sites is 1. The van der Waals surface area contributed by atoms with Gasteiger partial charge >= 0.3 is 5.97 Å². The van der Waals surface area contributed by atoms with Gasteiger partial charge in [0.15, 0.2) is 0 Å². The number of hydrogen-bond acceptors (Lipinski definition) is 2. The van der Waals surface area contributed by atoms with Crippen LogP contribution in [0, 0.1) is 0 Å². The van der Waals surface area contributed by atoms with Crippen LogP contribution in [0.2, 0.25) is 0 Å². The lowest BCUT2D eigenvalue weighted by atomic mass is 10.2. The summed E-state index contributed by atoms with van der Waals surface area (Å²) in [5.41, 5.74) is 0. The average molecular weight is 218 g/mol. The molecule has 0 N–H and O–H groups in total. The summed E-state index contributed by atoms with van der Waals surface area (Å²) in [4.78, 5) is 11.4. The van der Waals surface area contributed by atoms with Gasteiger partial charge in [0.1, 0.15) is 5.75 Å². The van der Waals surface area contributed by atoms with E-state index in [1.807, 2.05) is 24.3 Å². The summed E-state index contributed by atoms with van der Waals surface area (Å²) in [5, 5.41) is 0. The lowest BCUT2D eigenvalue weighted by Crippen LogP contribution is -2.06. The van der Waals surface area contributed by atoms with Crippen LogP contribution < -0.4 is 4.74 Å². The molecule has 0 aliphatic heterocycles. The van der Waals surface area contributed by atoms with Crippen molar-refractivity contribution in [2.75, 3.05) is 0 Å². The van der Waals surface area contributed by atoms with Crippen LogP contribution >= 0.6 is 0 Å². The van der Waals surface area contributed by atoms with Gasteiger partial charge in [0, 0.05) is 6.42 Å². The van der Waals surface area contributed by atoms with Gasteiger partial charge in [0.2, 0.25) is 0 Å². The number of hydrogen-bond donors (Lipinski definition) is 0. The van der Waals surface area contributed by atoms with E-state index in [1.54, 1.807) is 12.1 Å². The third-order valence-corrected chi connectivity index (χ3v) is 2.11. The Morgan fingerprint density at radius 3 is 2.56 bits per heavy atom. The molecule has 1 aromatic carbocycles. The van der Waals surface area contributed by atoms with Crippen LogP contribution in [0.1, 0.15) is 32.6 Å². The summed E-state index contributed by atoms with van der Waals surface area (Å²) in [5.74, 6) is 0.442. The third-order valence-electron chi connectivity index (χ3n) is 2.11. The first-order chi connectivity index (χ1) is 7.83. The molecule has 0 unspecified atom stereocenters. The van der Waals surface area contributed by atoms with Crippen molar-refractivity contribution < 1.29 is 9.53 Å². The minimum absolute atomic E-state index is 0.174. The standard InChI is InChI=1S/C14H18O2/c1-2-3-4-5-9-12-14(15)16-13-10-7-6-8-11-13/h4-8,10-11H,2-3,9,12H2,1H3. The molecule has 2 heteroatoms. The van der Waals surface area contributed by atoms with Crippen molar-refractivity contribution in [2.24, 2.45) is 0 Å².